The van der Waals surface area contributed by atoms with Gasteiger partial charge >= 0.3 is 5.97 Å². The molecule has 0 amide bonds. The lowest BCUT2D eigenvalue weighted by molar-refractivity contribution is -0.142. The maximum atomic E-state index is 13.4. The van der Waals surface area contributed by atoms with Crippen LogP contribution in [0.25, 0.3) is 0 Å². The Balaban J connectivity index is 2.50. The second kappa shape index (κ2) is 5.90. The smallest absolute Gasteiger partial charge is 0.322 e. The van der Waals surface area contributed by atoms with Crippen LogP contribution in [-0.2, 0) is 14.8 Å². The summed E-state index contributed by atoms with van der Waals surface area (Å²) in [5.74, 6) is -1.79. The molecule has 1 aliphatic heterocycles. The summed E-state index contributed by atoms with van der Waals surface area (Å²) in [6.45, 7) is 1.54. The first-order chi connectivity index (χ1) is 9.75. The van der Waals surface area contributed by atoms with E-state index in [2.05, 4.69) is 0 Å². The molecule has 1 aliphatic rings. The Kier molecular flexibility index (Phi) is 4.55. The number of carboxylic acid groups (broad SMARTS) is 1. The summed E-state index contributed by atoms with van der Waals surface area (Å²) < 4.78 is 39.6. The van der Waals surface area contributed by atoms with Crippen molar-refractivity contribution in [2.75, 3.05) is 6.54 Å². The zero-order valence-corrected chi connectivity index (χ0v) is 12.9. The molecule has 0 bridgehead atoms. The molecule has 2 rings (SSSR count). The van der Waals surface area contributed by atoms with Crippen molar-refractivity contribution in [3.8, 4) is 0 Å². The molecule has 1 fully saturated rings. The Morgan fingerprint density at radius 2 is 2.10 bits per heavy atom. The van der Waals surface area contributed by atoms with Crippen molar-refractivity contribution in [2.45, 2.75) is 37.1 Å². The van der Waals surface area contributed by atoms with Crippen LogP contribution in [0.5, 0.6) is 0 Å². The number of nitrogens with zero attached hydrogens (tertiary/aromatic N) is 1. The molecule has 1 N–H and O–H groups in total. The SMILES string of the molecule is Cc1cc(S(=O)(=O)N2CCCCC2C(=O)O)c(Cl)cc1F. The molecule has 1 heterocycles. The van der Waals surface area contributed by atoms with Crippen molar-refractivity contribution in [2.24, 2.45) is 0 Å². The first-order valence-electron chi connectivity index (χ1n) is 6.45. The molecule has 8 heteroatoms. The molecule has 5 nitrogen and oxygen atoms in total. The molecule has 1 atom stereocenters. The van der Waals surface area contributed by atoms with E-state index in [1.54, 1.807) is 0 Å². The van der Waals surface area contributed by atoms with Gasteiger partial charge in [-0.2, -0.15) is 4.31 Å². The number of halogens is 2. The number of hydrogen-bond donors (Lipinski definition) is 1. The lowest BCUT2D eigenvalue weighted by Crippen LogP contribution is -2.47. The number of carboxylic acids is 1. The monoisotopic (exact) mass is 335 g/mol. The minimum atomic E-state index is -4.07. The number of benzene rings is 1. The van der Waals surface area contributed by atoms with Crippen LogP contribution < -0.4 is 0 Å². The van der Waals surface area contributed by atoms with Gasteiger partial charge in [0.25, 0.3) is 0 Å². The molecular formula is C13H15ClFNO4S. The van der Waals surface area contributed by atoms with Crippen molar-refractivity contribution >= 4 is 27.6 Å². The highest BCUT2D eigenvalue weighted by molar-refractivity contribution is 7.89. The zero-order valence-electron chi connectivity index (χ0n) is 11.3. The highest BCUT2D eigenvalue weighted by atomic mass is 35.5. The van der Waals surface area contributed by atoms with E-state index in [1.807, 2.05) is 0 Å². The lowest BCUT2D eigenvalue weighted by atomic mass is 10.1. The van der Waals surface area contributed by atoms with Gasteiger partial charge in [0.05, 0.1) is 5.02 Å². The molecule has 0 spiro atoms. The van der Waals surface area contributed by atoms with Crippen LogP contribution in [0.4, 0.5) is 4.39 Å². The number of carbonyl (C=O) groups is 1. The number of rotatable bonds is 3. The first-order valence-corrected chi connectivity index (χ1v) is 8.27. The summed E-state index contributed by atoms with van der Waals surface area (Å²) in [6.07, 6.45) is 1.49. The molecule has 0 radical (unpaired) electrons. The third kappa shape index (κ3) is 3.04. The van der Waals surface area contributed by atoms with Crippen LogP contribution >= 0.6 is 11.6 Å². The van der Waals surface area contributed by atoms with Gasteiger partial charge < -0.3 is 5.11 Å². The van der Waals surface area contributed by atoms with Gasteiger partial charge in [0.15, 0.2) is 0 Å². The predicted octanol–water partition coefficient (Wildman–Crippen LogP) is 2.42. The van der Waals surface area contributed by atoms with E-state index >= 15 is 0 Å². The highest BCUT2D eigenvalue weighted by Crippen LogP contribution is 2.31. The van der Waals surface area contributed by atoms with E-state index in [0.717, 1.165) is 16.4 Å². The second-order valence-corrected chi connectivity index (χ2v) is 7.26. The van der Waals surface area contributed by atoms with E-state index in [0.29, 0.717) is 12.8 Å². The van der Waals surface area contributed by atoms with Crippen molar-refractivity contribution in [3.05, 3.63) is 28.5 Å². The van der Waals surface area contributed by atoms with Crippen LogP contribution in [0, 0.1) is 12.7 Å². The van der Waals surface area contributed by atoms with Gasteiger partial charge in [-0.15, -0.1) is 0 Å². The van der Waals surface area contributed by atoms with Gasteiger partial charge in [-0.25, -0.2) is 12.8 Å². The largest absolute Gasteiger partial charge is 0.480 e. The summed E-state index contributed by atoms with van der Waals surface area (Å²) in [7, 11) is -4.07. The molecule has 1 unspecified atom stereocenters. The van der Waals surface area contributed by atoms with Gasteiger partial charge in [0.2, 0.25) is 10.0 Å². The van der Waals surface area contributed by atoms with Crippen molar-refractivity contribution < 1.29 is 22.7 Å². The fraction of sp³-hybridized carbons (Fsp3) is 0.462. The van der Waals surface area contributed by atoms with Crippen LogP contribution in [0.1, 0.15) is 24.8 Å². The van der Waals surface area contributed by atoms with E-state index in [9.17, 15) is 22.7 Å². The average Bonchev–Trinajstić information content (AvgIpc) is 2.42. The van der Waals surface area contributed by atoms with E-state index < -0.39 is 27.9 Å². The second-order valence-electron chi connectivity index (χ2n) is 5.00. The normalized spacial score (nSPS) is 20.4. The topological polar surface area (TPSA) is 74.7 Å². The average molecular weight is 336 g/mol. The van der Waals surface area contributed by atoms with Gasteiger partial charge in [-0.05, 0) is 43.9 Å². The first kappa shape index (κ1) is 16.2. The molecule has 0 saturated carbocycles. The fourth-order valence-corrected chi connectivity index (χ4v) is 4.62. The van der Waals surface area contributed by atoms with Crippen LogP contribution in [0.2, 0.25) is 5.02 Å². The minimum Gasteiger partial charge on any atom is -0.480 e. The Bertz CT molecular complexity index is 677. The van der Waals surface area contributed by atoms with Crippen LogP contribution in [0.3, 0.4) is 0 Å². The Hall–Kier alpha value is -1.18. The maximum Gasteiger partial charge on any atom is 0.322 e. The number of aryl methyl sites for hydroxylation is 1. The summed E-state index contributed by atoms with van der Waals surface area (Å²) in [5, 5.41) is 8.95. The maximum absolute atomic E-state index is 13.4. The Morgan fingerprint density at radius 1 is 1.43 bits per heavy atom. The summed E-state index contributed by atoms with van der Waals surface area (Å²) in [5.41, 5.74) is 0.141. The van der Waals surface area contributed by atoms with E-state index in [1.165, 1.54) is 6.92 Å². The van der Waals surface area contributed by atoms with Gasteiger partial charge in [-0.1, -0.05) is 11.6 Å². The van der Waals surface area contributed by atoms with Gasteiger partial charge in [0, 0.05) is 6.54 Å². The van der Waals surface area contributed by atoms with Gasteiger partial charge in [0.1, 0.15) is 16.8 Å². The standard InChI is InChI=1S/C13H15ClFNO4S/c1-8-6-12(9(14)7-10(8)15)21(19,20)16-5-3-2-4-11(16)13(17)18/h6-7,11H,2-5H2,1H3,(H,17,18). The Labute approximate surface area is 127 Å². The van der Waals surface area contributed by atoms with E-state index in [-0.39, 0.29) is 28.4 Å². The molecule has 116 valence electrons. The van der Waals surface area contributed by atoms with Crippen LogP contribution in [-0.4, -0.2) is 36.4 Å². The molecule has 1 aromatic carbocycles. The number of hydrogen-bond acceptors (Lipinski definition) is 3. The molecule has 0 aromatic heterocycles. The van der Waals surface area contributed by atoms with Gasteiger partial charge in [-0.3, -0.25) is 4.79 Å². The third-order valence-corrected chi connectivity index (χ3v) is 5.91. The molecular weight excluding hydrogens is 321 g/mol. The quantitative estimate of drug-likeness (QED) is 0.920. The number of piperidine rings is 1. The summed E-state index contributed by atoms with van der Waals surface area (Å²) >= 11 is 5.84. The van der Waals surface area contributed by atoms with E-state index in [4.69, 9.17) is 11.6 Å². The lowest BCUT2D eigenvalue weighted by Gasteiger charge is -2.32. The highest BCUT2D eigenvalue weighted by Gasteiger charge is 2.38. The number of aliphatic carboxylic acids is 1. The molecule has 0 aliphatic carbocycles. The van der Waals surface area contributed by atoms with Crippen LogP contribution in [0.15, 0.2) is 17.0 Å². The summed E-state index contributed by atoms with van der Waals surface area (Å²) in [6, 6.07) is 0.967. The van der Waals surface area contributed by atoms with Crippen molar-refractivity contribution in [3.63, 3.8) is 0 Å². The number of sulfonamides is 1. The minimum absolute atomic E-state index is 0.117. The zero-order chi connectivity index (χ0) is 15.8. The third-order valence-electron chi connectivity index (χ3n) is 3.54. The predicted molar refractivity (Wildman–Crippen MR) is 75.3 cm³/mol. The van der Waals surface area contributed by atoms with Crippen molar-refractivity contribution in [1.29, 1.82) is 0 Å². The molecule has 1 aromatic rings. The summed E-state index contributed by atoms with van der Waals surface area (Å²) in [4.78, 5) is 11.0. The molecule has 21 heavy (non-hydrogen) atoms. The fourth-order valence-electron chi connectivity index (χ4n) is 2.39. The van der Waals surface area contributed by atoms with Crippen molar-refractivity contribution in [1.82, 2.24) is 4.31 Å². The molecule has 1 saturated heterocycles. The Morgan fingerprint density at radius 3 is 2.71 bits per heavy atom.